The Hall–Kier alpha value is -0.870. The van der Waals surface area contributed by atoms with Gasteiger partial charge in [-0.05, 0) is 68.3 Å². The second kappa shape index (κ2) is 7.63. The molecule has 144 valence electrons. The third-order valence-corrected chi connectivity index (χ3v) is 7.51. The van der Waals surface area contributed by atoms with Crippen molar-refractivity contribution < 1.29 is 4.74 Å². The third-order valence-electron chi connectivity index (χ3n) is 7.51. The monoisotopic (exact) mass is 357 g/mol. The molecule has 4 atom stereocenters. The van der Waals surface area contributed by atoms with E-state index in [1.54, 1.807) is 0 Å². The van der Waals surface area contributed by atoms with Crippen molar-refractivity contribution in [3.8, 4) is 0 Å². The first-order valence-electron chi connectivity index (χ1n) is 11.2. The van der Waals surface area contributed by atoms with Gasteiger partial charge in [-0.2, -0.15) is 5.10 Å². The molecule has 0 N–H and O–H groups in total. The van der Waals surface area contributed by atoms with Gasteiger partial charge in [0.2, 0.25) is 0 Å². The van der Waals surface area contributed by atoms with Gasteiger partial charge in [0, 0.05) is 38.6 Å². The molecule has 3 aliphatic carbocycles. The van der Waals surface area contributed by atoms with Crippen molar-refractivity contribution in [2.24, 2.45) is 23.7 Å². The molecule has 1 aromatic rings. The second-order valence-electron chi connectivity index (χ2n) is 9.58. The maximum absolute atomic E-state index is 6.46. The van der Waals surface area contributed by atoms with Crippen LogP contribution < -0.4 is 0 Å². The van der Waals surface area contributed by atoms with Crippen LogP contribution in [0.2, 0.25) is 0 Å². The zero-order chi connectivity index (χ0) is 17.3. The fourth-order valence-electron chi connectivity index (χ4n) is 5.85. The molecule has 2 heterocycles. The van der Waals surface area contributed by atoms with Crippen LogP contribution in [0.1, 0.15) is 63.8 Å². The average Bonchev–Trinajstić information content (AvgIpc) is 3.16. The van der Waals surface area contributed by atoms with Crippen molar-refractivity contribution in [1.29, 1.82) is 0 Å². The Bertz CT molecular complexity index is 564. The predicted octanol–water partition coefficient (Wildman–Crippen LogP) is 4.14. The van der Waals surface area contributed by atoms with E-state index in [1.165, 1.54) is 77.4 Å². The lowest BCUT2D eigenvalue weighted by molar-refractivity contribution is -0.0371. The van der Waals surface area contributed by atoms with Crippen LogP contribution in [-0.2, 0) is 4.74 Å². The lowest BCUT2D eigenvalue weighted by atomic mass is 9.77. The van der Waals surface area contributed by atoms with Crippen LogP contribution in [0, 0.1) is 23.7 Å². The quantitative estimate of drug-likeness (QED) is 0.766. The summed E-state index contributed by atoms with van der Waals surface area (Å²) in [5.41, 5.74) is 0. The zero-order valence-corrected chi connectivity index (χ0v) is 16.1. The molecule has 4 heteroatoms. The van der Waals surface area contributed by atoms with Crippen LogP contribution in [0.15, 0.2) is 18.5 Å². The molecule has 0 radical (unpaired) electrons. The van der Waals surface area contributed by atoms with Gasteiger partial charge in [0.1, 0.15) is 0 Å². The van der Waals surface area contributed by atoms with Crippen molar-refractivity contribution in [3.63, 3.8) is 0 Å². The molecule has 0 bridgehead atoms. The smallest absolute Gasteiger partial charge is 0.0802 e. The van der Waals surface area contributed by atoms with E-state index < -0.39 is 0 Å². The van der Waals surface area contributed by atoms with Gasteiger partial charge in [-0.3, -0.25) is 4.68 Å². The summed E-state index contributed by atoms with van der Waals surface area (Å²) in [5.74, 6) is 3.49. The van der Waals surface area contributed by atoms with Gasteiger partial charge in [-0.25, -0.2) is 0 Å². The molecule has 1 saturated heterocycles. The topological polar surface area (TPSA) is 30.3 Å². The summed E-state index contributed by atoms with van der Waals surface area (Å²) in [7, 11) is 0. The molecule has 0 amide bonds. The molecule has 26 heavy (non-hydrogen) atoms. The average molecular weight is 358 g/mol. The summed E-state index contributed by atoms with van der Waals surface area (Å²) in [6.45, 7) is 4.96. The van der Waals surface area contributed by atoms with Gasteiger partial charge in [-0.1, -0.05) is 19.3 Å². The number of aromatic nitrogens is 2. The Balaban J connectivity index is 1.23. The summed E-state index contributed by atoms with van der Waals surface area (Å²) >= 11 is 0. The summed E-state index contributed by atoms with van der Waals surface area (Å²) in [5, 5.41) is 4.58. The summed E-state index contributed by atoms with van der Waals surface area (Å²) in [4.78, 5) is 2.80. The fraction of sp³-hybridized carbons (Fsp3) is 0.864. The van der Waals surface area contributed by atoms with Crippen molar-refractivity contribution >= 4 is 0 Å². The van der Waals surface area contributed by atoms with Crippen LogP contribution >= 0.6 is 0 Å². The maximum atomic E-state index is 6.46. The highest BCUT2D eigenvalue weighted by Gasteiger charge is 2.44. The van der Waals surface area contributed by atoms with Crippen LogP contribution in [0.5, 0.6) is 0 Å². The van der Waals surface area contributed by atoms with E-state index >= 15 is 0 Å². The summed E-state index contributed by atoms with van der Waals surface area (Å²) in [6.07, 6.45) is 17.0. The van der Waals surface area contributed by atoms with E-state index in [1.807, 2.05) is 6.20 Å². The predicted molar refractivity (Wildman–Crippen MR) is 103 cm³/mol. The van der Waals surface area contributed by atoms with Crippen LogP contribution in [-0.4, -0.2) is 47.0 Å². The van der Waals surface area contributed by atoms with Crippen LogP contribution in [0.25, 0.3) is 0 Å². The van der Waals surface area contributed by atoms with Gasteiger partial charge >= 0.3 is 0 Å². The standard InChI is InChI=1S/C22H35N3O/c1-2-5-17(6-3-1)13-24-14-19-11-21(25-10-4-9-23-25)22(12-20(19)15-24)26-16-18-7-8-18/h4,9-10,17-22H,1-3,5-8,11-16H2/t19-,20+,21-,22-/m0/s1. The molecule has 4 nitrogen and oxygen atoms in total. The Morgan fingerprint density at radius 2 is 1.73 bits per heavy atom. The summed E-state index contributed by atoms with van der Waals surface area (Å²) in [6, 6.07) is 2.51. The molecule has 0 aromatic carbocycles. The highest BCUT2D eigenvalue weighted by atomic mass is 16.5. The number of ether oxygens (including phenoxy) is 1. The number of nitrogens with zero attached hydrogens (tertiary/aromatic N) is 3. The molecular weight excluding hydrogens is 322 g/mol. The van der Waals surface area contributed by atoms with E-state index in [9.17, 15) is 0 Å². The van der Waals surface area contributed by atoms with Gasteiger partial charge < -0.3 is 9.64 Å². The fourth-order valence-corrected chi connectivity index (χ4v) is 5.85. The van der Waals surface area contributed by atoms with E-state index in [0.717, 1.165) is 30.3 Å². The largest absolute Gasteiger partial charge is 0.376 e. The Morgan fingerprint density at radius 3 is 2.46 bits per heavy atom. The number of rotatable bonds is 6. The number of fused-ring (bicyclic) bond motifs is 1. The highest BCUT2D eigenvalue weighted by molar-refractivity contribution is 4.97. The first-order chi connectivity index (χ1) is 12.8. The van der Waals surface area contributed by atoms with E-state index in [2.05, 4.69) is 26.9 Å². The number of likely N-dealkylation sites (tertiary alicyclic amines) is 1. The van der Waals surface area contributed by atoms with Gasteiger partial charge in [0.15, 0.2) is 0 Å². The maximum Gasteiger partial charge on any atom is 0.0802 e. The van der Waals surface area contributed by atoms with Crippen molar-refractivity contribution in [2.75, 3.05) is 26.2 Å². The Morgan fingerprint density at radius 1 is 0.923 bits per heavy atom. The van der Waals surface area contributed by atoms with Crippen molar-refractivity contribution in [1.82, 2.24) is 14.7 Å². The Labute approximate surface area is 158 Å². The molecular formula is C22H35N3O. The Kier molecular flexibility index (Phi) is 5.06. The molecule has 1 aliphatic heterocycles. The third kappa shape index (κ3) is 3.87. The zero-order valence-electron chi connectivity index (χ0n) is 16.1. The molecule has 3 saturated carbocycles. The van der Waals surface area contributed by atoms with Crippen molar-refractivity contribution in [2.45, 2.75) is 69.9 Å². The number of hydrogen-bond donors (Lipinski definition) is 0. The van der Waals surface area contributed by atoms with Gasteiger partial charge in [-0.15, -0.1) is 0 Å². The minimum Gasteiger partial charge on any atom is -0.376 e. The first-order valence-corrected chi connectivity index (χ1v) is 11.2. The molecule has 4 aliphatic rings. The minimum atomic E-state index is 0.367. The second-order valence-corrected chi connectivity index (χ2v) is 9.58. The van der Waals surface area contributed by atoms with Gasteiger partial charge in [0.05, 0.1) is 12.1 Å². The van der Waals surface area contributed by atoms with E-state index in [-0.39, 0.29) is 0 Å². The van der Waals surface area contributed by atoms with E-state index in [4.69, 9.17) is 4.74 Å². The molecule has 0 spiro atoms. The van der Waals surface area contributed by atoms with Crippen molar-refractivity contribution in [3.05, 3.63) is 18.5 Å². The van der Waals surface area contributed by atoms with Crippen LogP contribution in [0.4, 0.5) is 0 Å². The SMILES string of the molecule is c1cnn([C@H]2C[C@H]3CN(CC4CCCCC4)C[C@H]3C[C@@H]2OCC2CC2)c1. The number of hydrogen-bond acceptors (Lipinski definition) is 3. The molecule has 1 aromatic heterocycles. The van der Waals surface area contributed by atoms with E-state index in [0.29, 0.717) is 12.1 Å². The molecule has 0 unspecified atom stereocenters. The normalized spacial score (nSPS) is 36.3. The van der Waals surface area contributed by atoms with Crippen LogP contribution in [0.3, 0.4) is 0 Å². The molecule has 5 rings (SSSR count). The lowest BCUT2D eigenvalue weighted by Crippen LogP contribution is -2.38. The first kappa shape index (κ1) is 17.2. The minimum absolute atomic E-state index is 0.367. The molecule has 4 fully saturated rings. The summed E-state index contributed by atoms with van der Waals surface area (Å²) < 4.78 is 8.65. The highest BCUT2D eigenvalue weighted by Crippen LogP contribution is 2.43. The lowest BCUT2D eigenvalue weighted by Gasteiger charge is -2.38. The van der Waals surface area contributed by atoms with Gasteiger partial charge in [0.25, 0.3) is 0 Å².